The first-order chi connectivity index (χ1) is 10.7. The molecule has 0 bridgehead atoms. The van der Waals surface area contributed by atoms with Crippen LogP contribution in [0.1, 0.15) is 13.3 Å². The standard InChI is InChI=1S/C15H17ClN4OS/c1-3-19(15(21)11-7-13(11)22-2)12-9-20(18-14(12)16)10-5-4-6-17-8-10/h4-6,8-9,11,13H,3,7H2,1-2H3. The van der Waals surface area contributed by atoms with Crippen LogP contribution in [0.5, 0.6) is 0 Å². The Hall–Kier alpha value is -1.53. The molecule has 2 aromatic heterocycles. The average Bonchev–Trinajstić information content (AvgIpc) is 3.25. The molecule has 2 atom stereocenters. The lowest BCUT2D eigenvalue weighted by molar-refractivity contribution is -0.119. The lowest BCUT2D eigenvalue weighted by Crippen LogP contribution is -2.32. The molecule has 0 spiro atoms. The van der Waals surface area contributed by atoms with Crippen LogP contribution in [-0.4, -0.2) is 38.7 Å². The monoisotopic (exact) mass is 336 g/mol. The van der Waals surface area contributed by atoms with Gasteiger partial charge in [-0.2, -0.15) is 16.9 Å². The van der Waals surface area contributed by atoms with Crippen LogP contribution in [0.25, 0.3) is 5.69 Å². The molecule has 1 aliphatic rings. The number of aromatic nitrogens is 3. The van der Waals surface area contributed by atoms with Gasteiger partial charge in [-0.05, 0) is 31.7 Å². The predicted octanol–water partition coefficient (Wildman–Crippen LogP) is 3.03. The third-order valence-electron chi connectivity index (χ3n) is 3.79. The zero-order valence-corrected chi connectivity index (χ0v) is 14.0. The highest BCUT2D eigenvalue weighted by Crippen LogP contribution is 2.42. The molecule has 116 valence electrons. The topological polar surface area (TPSA) is 51.0 Å². The maximum Gasteiger partial charge on any atom is 0.231 e. The fraction of sp³-hybridized carbons (Fsp3) is 0.400. The minimum absolute atomic E-state index is 0.104. The Labute approximate surface area is 138 Å². The highest BCUT2D eigenvalue weighted by Gasteiger charge is 2.44. The molecular formula is C15H17ClN4OS. The highest BCUT2D eigenvalue weighted by atomic mass is 35.5. The van der Waals surface area contributed by atoms with Crippen molar-refractivity contribution in [2.45, 2.75) is 18.6 Å². The van der Waals surface area contributed by atoms with Crippen molar-refractivity contribution >= 4 is 35.0 Å². The Morgan fingerprint density at radius 2 is 2.41 bits per heavy atom. The number of pyridine rings is 1. The number of amides is 1. The van der Waals surface area contributed by atoms with Crippen molar-refractivity contribution in [2.75, 3.05) is 17.7 Å². The molecule has 1 aliphatic carbocycles. The van der Waals surface area contributed by atoms with E-state index in [0.29, 0.717) is 22.6 Å². The van der Waals surface area contributed by atoms with Gasteiger partial charge in [-0.25, -0.2) is 4.68 Å². The van der Waals surface area contributed by atoms with E-state index >= 15 is 0 Å². The smallest absolute Gasteiger partial charge is 0.231 e. The number of carbonyl (C=O) groups excluding carboxylic acids is 1. The van der Waals surface area contributed by atoms with Gasteiger partial charge >= 0.3 is 0 Å². The van der Waals surface area contributed by atoms with Gasteiger partial charge in [0.2, 0.25) is 5.91 Å². The quantitative estimate of drug-likeness (QED) is 0.842. The first-order valence-electron chi connectivity index (χ1n) is 7.15. The molecule has 0 aliphatic heterocycles. The van der Waals surface area contributed by atoms with Crippen LogP contribution < -0.4 is 4.90 Å². The van der Waals surface area contributed by atoms with Gasteiger partial charge in [-0.15, -0.1) is 0 Å². The number of hydrogen-bond acceptors (Lipinski definition) is 4. The molecule has 0 aromatic carbocycles. The fourth-order valence-corrected chi connectivity index (χ4v) is 3.56. The van der Waals surface area contributed by atoms with Gasteiger partial charge in [0.25, 0.3) is 0 Å². The second kappa shape index (κ2) is 6.30. The minimum Gasteiger partial charge on any atom is -0.308 e. The van der Waals surface area contributed by atoms with Crippen molar-refractivity contribution < 1.29 is 4.79 Å². The van der Waals surface area contributed by atoms with Crippen LogP contribution >= 0.6 is 23.4 Å². The van der Waals surface area contributed by atoms with E-state index < -0.39 is 0 Å². The molecule has 2 unspecified atom stereocenters. The number of hydrogen-bond donors (Lipinski definition) is 0. The third kappa shape index (κ3) is 2.85. The summed E-state index contributed by atoms with van der Waals surface area (Å²) in [7, 11) is 0. The van der Waals surface area contributed by atoms with E-state index in [1.54, 1.807) is 39.9 Å². The average molecular weight is 337 g/mol. The summed E-state index contributed by atoms with van der Waals surface area (Å²) in [6, 6.07) is 3.73. The Balaban J connectivity index is 1.87. The molecule has 3 rings (SSSR count). The van der Waals surface area contributed by atoms with E-state index in [-0.39, 0.29) is 11.8 Å². The third-order valence-corrected chi connectivity index (χ3v) is 5.18. The number of rotatable bonds is 5. The van der Waals surface area contributed by atoms with E-state index in [4.69, 9.17) is 11.6 Å². The molecule has 0 radical (unpaired) electrons. The molecule has 0 N–H and O–H groups in total. The van der Waals surface area contributed by atoms with E-state index in [0.717, 1.165) is 12.1 Å². The Kier molecular flexibility index (Phi) is 4.40. The van der Waals surface area contributed by atoms with Crippen LogP contribution in [0.2, 0.25) is 5.15 Å². The van der Waals surface area contributed by atoms with Crippen molar-refractivity contribution in [3.63, 3.8) is 0 Å². The summed E-state index contributed by atoms with van der Waals surface area (Å²) in [5, 5.41) is 5.07. The molecule has 1 saturated carbocycles. The lowest BCUT2D eigenvalue weighted by atomic mass is 10.3. The number of thioether (sulfide) groups is 1. The largest absolute Gasteiger partial charge is 0.308 e. The van der Waals surface area contributed by atoms with Gasteiger partial charge < -0.3 is 4.90 Å². The summed E-state index contributed by atoms with van der Waals surface area (Å²) in [5.74, 6) is 0.238. The summed E-state index contributed by atoms with van der Waals surface area (Å²) >= 11 is 8.00. The van der Waals surface area contributed by atoms with Crippen LogP contribution in [0.15, 0.2) is 30.7 Å². The predicted molar refractivity (Wildman–Crippen MR) is 89.8 cm³/mol. The first kappa shape index (κ1) is 15.4. The fourth-order valence-electron chi connectivity index (χ4n) is 2.48. The van der Waals surface area contributed by atoms with E-state index in [2.05, 4.69) is 10.1 Å². The Morgan fingerprint density at radius 3 is 3.00 bits per heavy atom. The van der Waals surface area contributed by atoms with E-state index in [9.17, 15) is 4.79 Å². The highest BCUT2D eigenvalue weighted by molar-refractivity contribution is 7.99. The van der Waals surface area contributed by atoms with Gasteiger partial charge in [-0.1, -0.05) is 11.6 Å². The first-order valence-corrected chi connectivity index (χ1v) is 8.82. The van der Waals surface area contributed by atoms with Gasteiger partial charge in [0, 0.05) is 18.0 Å². The van der Waals surface area contributed by atoms with Gasteiger partial charge in [0.05, 0.1) is 24.0 Å². The van der Waals surface area contributed by atoms with Gasteiger partial charge in [-0.3, -0.25) is 9.78 Å². The van der Waals surface area contributed by atoms with Crippen molar-refractivity contribution in [3.8, 4) is 5.69 Å². The molecule has 5 nitrogen and oxygen atoms in total. The summed E-state index contributed by atoms with van der Waals surface area (Å²) in [6.07, 6.45) is 8.19. The van der Waals surface area contributed by atoms with Crippen molar-refractivity contribution in [1.82, 2.24) is 14.8 Å². The number of anilines is 1. The molecule has 2 heterocycles. The van der Waals surface area contributed by atoms with Crippen molar-refractivity contribution in [2.24, 2.45) is 5.92 Å². The van der Waals surface area contributed by atoms with Crippen LogP contribution in [0.4, 0.5) is 5.69 Å². The molecule has 7 heteroatoms. The second-order valence-electron chi connectivity index (χ2n) is 5.16. The summed E-state index contributed by atoms with van der Waals surface area (Å²) in [6.45, 7) is 2.53. The van der Waals surface area contributed by atoms with E-state index in [1.807, 2.05) is 25.3 Å². The number of nitrogens with zero attached hydrogens (tertiary/aromatic N) is 4. The molecule has 2 aromatic rings. The number of carbonyl (C=O) groups is 1. The van der Waals surface area contributed by atoms with Crippen LogP contribution in [-0.2, 0) is 4.79 Å². The molecule has 1 fully saturated rings. The summed E-state index contributed by atoms with van der Waals surface area (Å²) in [4.78, 5) is 18.4. The van der Waals surface area contributed by atoms with Crippen molar-refractivity contribution in [1.29, 1.82) is 0 Å². The van der Waals surface area contributed by atoms with Gasteiger partial charge in [0.15, 0.2) is 5.15 Å². The van der Waals surface area contributed by atoms with Gasteiger partial charge in [0.1, 0.15) is 5.69 Å². The minimum atomic E-state index is 0.104. The lowest BCUT2D eigenvalue weighted by Gasteiger charge is -2.19. The molecular weight excluding hydrogens is 320 g/mol. The second-order valence-corrected chi connectivity index (χ2v) is 6.59. The molecule has 22 heavy (non-hydrogen) atoms. The zero-order chi connectivity index (χ0) is 15.7. The Morgan fingerprint density at radius 1 is 1.59 bits per heavy atom. The summed E-state index contributed by atoms with van der Waals surface area (Å²) in [5.41, 5.74) is 1.47. The normalized spacial score (nSPS) is 20.0. The maximum absolute atomic E-state index is 12.6. The van der Waals surface area contributed by atoms with Crippen molar-refractivity contribution in [3.05, 3.63) is 35.9 Å². The van der Waals surface area contributed by atoms with Crippen LogP contribution in [0, 0.1) is 5.92 Å². The molecule has 0 saturated heterocycles. The number of halogens is 1. The molecule has 1 amide bonds. The SMILES string of the molecule is CCN(C(=O)C1CC1SC)c1cn(-c2cccnc2)nc1Cl. The maximum atomic E-state index is 12.6. The summed E-state index contributed by atoms with van der Waals surface area (Å²) < 4.78 is 1.65. The Bertz CT molecular complexity index is 675. The zero-order valence-electron chi connectivity index (χ0n) is 12.4. The van der Waals surface area contributed by atoms with E-state index in [1.165, 1.54) is 0 Å². The van der Waals surface area contributed by atoms with Crippen LogP contribution in [0.3, 0.4) is 0 Å².